The number of fused-ring (bicyclic) bond motifs is 1. The van der Waals surface area contributed by atoms with Crippen LogP contribution in [0.2, 0.25) is 0 Å². The fourth-order valence-electron chi connectivity index (χ4n) is 1.33. The molecule has 2 aromatic rings. The summed E-state index contributed by atoms with van der Waals surface area (Å²) in [6.07, 6.45) is 1.85. The smallest absolute Gasteiger partial charge is 0.183 e. The van der Waals surface area contributed by atoms with Gasteiger partial charge in [0, 0.05) is 6.20 Å². The second-order valence-electron chi connectivity index (χ2n) is 4.48. The predicted molar refractivity (Wildman–Crippen MR) is 57.0 cm³/mol. The minimum Gasteiger partial charge on any atom is -0.384 e. The number of nitrogens with one attached hydrogen (secondary N) is 1. The Kier molecular flexibility index (Phi) is 1.74. The van der Waals surface area contributed by atoms with E-state index in [-0.39, 0.29) is 5.41 Å². The van der Waals surface area contributed by atoms with Crippen molar-refractivity contribution in [3.63, 3.8) is 0 Å². The summed E-state index contributed by atoms with van der Waals surface area (Å²) in [7, 11) is 0. The SMILES string of the molecule is CC(C)(C)c1cnc2n[nH]c(N)c2c1. The van der Waals surface area contributed by atoms with Gasteiger partial charge in [0.25, 0.3) is 0 Å². The zero-order chi connectivity index (χ0) is 10.3. The summed E-state index contributed by atoms with van der Waals surface area (Å²) < 4.78 is 0. The van der Waals surface area contributed by atoms with E-state index < -0.39 is 0 Å². The second kappa shape index (κ2) is 2.70. The van der Waals surface area contributed by atoms with Crippen molar-refractivity contribution >= 4 is 16.9 Å². The summed E-state index contributed by atoms with van der Waals surface area (Å²) >= 11 is 0. The van der Waals surface area contributed by atoms with Crippen molar-refractivity contribution in [2.24, 2.45) is 0 Å². The number of hydrogen-bond acceptors (Lipinski definition) is 3. The lowest BCUT2D eigenvalue weighted by Gasteiger charge is -2.17. The largest absolute Gasteiger partial charge is 0.384 e. The fraction of sp³-hybridized carbons (Fsp3) is 0.400. The minimum absolute atomic E-state index is 0.0882. The maximum absolute atomic E-state index is 5.73. The van der Waals surface area contributed by atoms with E-state index in [0.29, 0.717) is 11.5 Å². The molecule has 4 heteroatoms. The molecule has 74 valence electrons. The molecule has 14 heavy (non-hydrogen) atoms. The summed E-state index contributed by atoms with van der Waals surface area (Å²) in [4.78, 5) is 4.25. The van der Waals surface area contributed by atoms with Crippen molar-refractivity contribution in [1.29, 1.82) is 0 Å². The van der Waals surface area contributed by atoms with Gasteiger partial charge in [0.05, 0.1) is 5.39 Å². The van der Waals surface area contributed by atoms with Gasteiger partial charge in [-0.25, -0.2) is 4.98 Å². The average Bonchev–Trinajstić information content (AvgIpc) is 2.46. The Morgan fingerprint density at radius 1 is 1.36 bits per heavy atom. The van der Waals surface area contributed by atoms with Crippen molar-refractivity contribution in [3.05, 3.63) is 17.8 Å². The molecule has 0 unspecified atom stereocenters. The van der Waals surface area contributed by atoms with E-state index in [9.17, 15) is 0 Å². The highest BCUT2D eigenvalue weighted by molar-refractivity contribution is 5.86. The van der Waals surface area contributed by atoms with Crippen LogP contribution in [0.4, 0.5) is 5.82 Å². The number of nitrogen functional groups attached to an aromatic ring is 1. The van der Waals surface area contributed by atoms with Gasteiger partial charge in [-0.2, -0.15) is 5.10 Å². The number of nitrogens with two attached hydrogens (primary N) is 1. The highest BCUT2D eigenvalue weighted by Gasteiger charge is 2.15. The van der Waals surface area contributed by atoms with E-state index in [1.807, 2.05) is 12.3 Å². The van der Waals surface area contributed by atoms with Gasteiger partial charge in [0.15, 0.2) is 5.65 Å². The van der Waals surface area contributed by atoms with Gasteiger partial charge in [-0.05, 0) is 17.0 Å². The second-order valence-corrected chi connectivity index (χ2v) is 4.48. The number of aromatic nitrogens is 3. The summed E-state index contributed by atoms with van der Waals surface area (Å²) in [6.45, 7) is 6.43. The standard InChI is InChI=1S/C10H14N4/c1-10(2,3)6-4-7-8(11)13-14-9(7)12-5-6/h4-5H,1-3H3,(H3,11,12,13,14). The van der Waals surface area contributed by atoms with Crippen LogP contribution in [0.1, 0.15) is 26.3 Å². The van der Waals surface area contributed by atoms with Crippen molar-refractivity contribution < 1.29 is 0 Å². The van der Waals surface area contributed by atoms with Crippen molar-refractivity contribution in [2.75, 3.05) is 5.73 Å². The first kappa shape index (κ1) is 8.99. The van der Waals surface area contributed by atoms with Crippen LogP contribution in [0.3, 0.4) is 0 Å². The van der Waals surface area contributed by atoms with Crippen LogP contribution in [0.15, 0.2) is 12.3 Å². The average molecular weight is 190 g/mol. The van der Waals surface area contributed by atoms with Crippen molar-refractivity contribution in [3.8, 4) is 0 Å². The van der Waals surface area contributed by atoms with Crippen LogP contribution in [0.5, 0.6) is 0 Å². The number of nitrogens with zero attached hydrogens (tertiary/aromatic N) is 2. The van der Waals surface area contributed by atoms with E-state index in [2.05, 4.69) is 36.0 Å². The lowest BCUT2D eigenvalue weighted by molar-refractivity contribution is 0.588. The van der Waals surface area contributed by atoms with Gasteiger partial charge in [-0.15, -0.1) is 0 Å². The zero-order valence-corrected chi connectivity index (χ0v) is 8.63. The van der Waals surface area contributed by atoms with Crippen LogP contribution in [-0.4, -0.2) is 15.2 Å². The molecular weight excluding hydrogens is 176 g/mol. The van der Waals surface area contributed by atoms with Crippen LogP contribution in [0.25, 0.3) is 11.0 Å². The number of hydrogen-bond donors (Lipinski definition) is 2. The third-order valence-electron chi connectivity index (χ3n) is 2.31. The van der Waals surface area contributed by atoms with Crippen molar-refractivity contribution in [1.82, 2.24) is 15.2 Å². The highest BCUT2D eigenvalue weighted by Crippen LogP contribution is 2.25. The summed E-state index contributed by atoms with van der Waals surface area (Å²) in [5.41, 5.74) is 7.66. The molecule has 0 spiro atoms. The third kappa shape index (κ3) is 1.32. The molecule has 4 nitrogen and oxygen atoms in total. The van der Waals surface area contributed by atoms with E-state index in [1.54, 1.807) is 0 Å². The molecule has 0 amide bonds. The molecule has 0 radical (unpaired) electrons. The monoisotopic (exact) mass is 190 g/mol. The zero-order valence-electron chi connectivity index (χ0n) is 8.63. The molecule has 0 atom stereocenters. The topological polar surface area (TPSA) is 67.6 Å². The molecule has 0 bridgehead atoms. The van der Waals surface area contributed by atoms with E-state index in [1.165, 1.54) is 0 Å². The molecule has 3 N–H and O–H groups in total. The Balaban J connectivity index is 2.66. The Morgan fingerprint density at radius 3 is 2.71 bits per heavy atom. The lowest BCUT2D eigenvalue weighted by atomic mass is 9.88. The number of H-pyrrole nitrogens is 1. The van der Waals surface area contributed by atoms with Crippen molar-refractivity contribution in [2.45, 2.75) is 26.2 Å². The molecule has 0 saturated carbocycles. The number of anilines is 1. The van der Waals surface area contributed by atoms with E-state index in [4.69, 9.17) is 5.73 Å². The molecule has 2 rings (SSSR count). The summed E-state index contributed by atoms with van der Waals surface area (Å²) in [5.74, 6) is 0.582. The molecule has 0 aliphatic heterocycles. The highest BCUT2D eigenvalue weighted by atomic mass is 15.2. The molecule has 2 heterocycles. The van der Waals surface area contributed by atoms with Crippen LogP contribution >= 0.6 is 0 Å². The quantitative estimate of drug-likeness (QED) is 0.666. The fourth-order valence-corrected chi connectivity index (χ4v) is 1.33. The minimum atomic E-state index is 0.0882. The summed E-state index contributed by atoms with van der Waals surface area (Å²) in [6, 6.07) is 2.04. The maximum Gasteiger partial charge on any atom is 0.183 e. The molecule has 0 saturated heterocycles. The lowest BCUT2D eigenvalue weighted by Crippen LogP contribution is -2.11. The predicted octanol–water partition coefficient (Wildman–Crippen LogP) is 1.84. The molecule has 0 aliphatic carbocycles. The number of aromatic amines is 1. The van der Waals surface area contributed by atoms with Gasteiger partial charge in [-0.1, -0.05) is 20.8 Å². The van der Waals surface area contributed by atoms with Gasteiger partial charge < -0.3 is 5.73 Å². The Bertz CT molecular complexity index is 464. The normalized spacial score (nSPS) is 12.2. The number of rotatable bonds is 0. The Hall–Kier alpha value is -1.58. The van der Waals surface area contributed by atoms with Crippen LogP contribution in [0, 0.1) is 0 Å². The Morgan fingerprint density at radius 2 is 2.07 bits per heavy atom. The third-order valence-corrected chi connectivity index (χ3v) is 2.31. The molecule has 0 aliphatic rings. The Labute approximate surface area is 82.5 Å². The van der Waals surface area contributed by atoms with Gasteiger partial charge >= 0.3 is 0 Å². The molecule has 2 aromatic heterocycles. The van der Waals surface area contributed by atoms with Crippen LogP contribution in [-0.2, 0) is 5.41 Å². The van der Waals surface area contributed by atoms with E-state index >= 15 is 0 Å². The molecule has 0 aromatic carbocycles. The molecule has 0 fully saturated rings. The maximum atomic E-state index is 5.73. The van der Waals surface area contributed by atoms with E-state index in [0.717, 1.165) is 10.9 Å². The first-order valence-electron chi connectivity index (χ1n) is 4.58. The molecular formula is C10H14N4. The van der Waals surface area contributed by atoms with Gasteiger partial charge in [0.1, 0.15) is 5.82 Å². The number of pyridine rings is 1. The van der Waals surface area contributed by atoms with Crippen LogP contribution < -0.4 is 5.73 Å². The van der Waals surface area contributed by atoms with Gasteiger partial charge in [-0.3, -0.25) is 5.10 Å². The summed E-state index contributed by atoms with van der Waals surface area (Å²) in [5, 5.41) is 7.60. The van der Waals surface area contributed by atoms with Gasteiger partial charge in [0.2, 0.25) is 0 Å². The first-order chi connectivity index (χ1) is 6.48. The first-order valence-corrected chi connectivity index (χ1v) is 4.58.